The number of likely N-dealkylation sites (tertiary alicyclic amines) is 1. The van der Waals surface area contributed by atoms with Crippen molar-refractivity contribution in [1.82, 2.24) is 20.0 Å². The Morgan fingerprint density at radius 2 is 2.29 bits per heavy atom. The third-order valence-electron chi connectivity index (χ3n) is 3.96. The van der Waals surface area contributed by atoms with Crippen LogP contribution in [0.4, 0.5) is 0 Å². The Morgan fingerprint density at radius 3 is 2.90 bits per heavy atom. The summed E-state index contributed by atoms with van der Waals surface area (Å²) in [6.07, 6.45) is 9.06. The molecule has 1 saturated heterocycles. The van der Waals surface area contributed by atoms with E-state index in [1.54, 1.807) is 0 Å². The summed E-state index contributed by atoms with van der Waals surface area (Å²) < 4.78 is 1.88. The average molecular weight is 405 g/mol. The van der Waals surface area contributed by atoms with Gasteiger partial charge in [0.05, 0.1) is 6.20 Å². The molecular weight excluding hydrogens is 377 g/mol. The summed E-state index contributed by atoms with van der Waals surface area (Å²) in [5.74, 6) is 1.63. The quantitative estimate of drug-likeness (QED) is 0.355. The number of nitrogens with one attached hydrogen (secondary N) is 1. The fourth-order valence-corrected chi connectivity index (χ4v) is 2.78. The second-order valence-electron chi connectivity index (χ2n) is 5.56. The number of rotatable bonds is 5. The Hall–Kier alpha value is -0.790. The number of unbranched alkanes of at least 4 members (excludes halogenated alkanes) is 2. The van der Waals surface area contributed by atoms with Crippen LogP contribution in [0, 0.1) is 0 Å². The average Bonchev–Trinajstić information content (AvgIpc) is 3.08. The lowest BCUT2D eigenvalue weighted by atomic mass is 10.0. The third-order valence-corrected chi connectivity index (χ3v) is 3.96. The maximum absolute atomic E-state index is 4.41. The Labute approximate surface area is 145 Å². The van der Waals surface area contributed by atoms with Crippen LogP contribution >= 0.6 is 24.0 Å². The standard InChI is InChI=1S/C15H27N5.HI/c1-4-5-6-8-17-15(16-2)20-9-7-13(12-20)14-10-18-19(3)11-14;/h10-11,13H,4-9,12H2,1-3H3,(H,16,17);1H. The lowest BCUT2D eigenvalue weighted by Crippen LogP contribution is -2.40. The van der Waals surface area contributed by atoms with Gasteiger partial charge in [0.15, 0.2) is 5.96 Å². The maximum atomic E-state index is 4.41. The molecule has 0 bridgehead atoms. The molecule has 1 N–H and O–H groups in total. The number of nitrogens with zero attached hydrogens (tertiary/aromatic N) is 4. The first-order valence-electron chi connectivity index (χ1n) is 7.68. The second-order valence-corrected chi connectivity index (χ2v) is 5.56. The summed E-state index contributed by atoms with van der Waals surface area (Å²) >= 11 is 0. The Morgan fingerprint density at radius 1 is 1.48 bits per heavy atom. The lowest BCUT2D eigenvalue weighted by Gasteiger charge is -2.21. The van der Waals surface area contributed by atoms with E-state index in [1.807, 2.05) is 25.0 Å². The minimum atomic E-state index is 0. The van der Waals surface area contributed by atoms with E-state index >= 15 is 0 Å². The first-order chi connectivity index (χ1) is 9.74. The van der Waals surface area contributed by atoms with Crippen molar-refractivity contribution in [2.24, 2.45) is 12.0 Å². The number of aliphatic imine (C=N–C) groups is 1. The fraction of sp³-hybridized carbons (Fsp3) is 0.733. The van der Waals surface area contributed by atoms with Crippen LogP contribution < -0.4 is 5.32 Å². The van der Waals surface area contributed by atoms with E-state index in [9.17, 15) is 0 Å². The molecule has 1 unspecified atom stereocenters. The van der Waals surface area contributed by atoms with Gasteiger partial charge in [-0.15, -0.1) is 24.0 Å². The van der Waals surface area contributed by atoms with Crippen LogP contribution in [0.3, 0.4) is 0 Å². The summed E-state index contributed by atoms with van der Waals surface area (Å²) in [7, 11) is 3.85. The molecule has 0 spiro atoms. The van der Waals surface area contributed by atoms with Crippen LogP contribution in [-0.4, -0.2) is 47.3 Å². The second kappa shape index (κ2) is 9.27. The Bertz CT molecular complexity index is 443. The van der Waals surface area contributed by atoms with Gasteiger partial charge in [-0.25, -0.2) is 0 Å². The van der Waals surface area contributed by atoms with Gasteiger partial charge in [-0.3, -0.25) is 9.67 Å². The van der Waals surface area contributed by atoms with E-state index in [0.717, 1.165) is 25.6 Å². The molecule has 21 heavy (non-hydrogen) atoms. The predicted octanol–water partition coefficient (Wildman–Crippen LogP) is 2.59. The zero-order valence-electron chi connectivity index (χ0n) is 13.4. The van der Waals surface area contributed by atoms with E-state index in [0.29, 0.717) is 5.92 Å². The Balaban J connectivity index is 0.00000220. The minimum Gasteiger partial charge on any atom is -0.356 e. The summed E-state index contributed by atoms with van der Waals surface area (Å²) in [4.78, 5) is 6.78. The van der Waals surface area contributed by atoms with Gasteiger partial charge < -0.3 is 10.2 Å². The van der Waals surface area contributed by atoms with Gasteiger partial charge in [0.25, 0.3) is 0 Å². The largest absolute Gasteiger partial charge is 0.356 e. The molecular formula is C15H28IN5. The zero-order chi connectivity index (χ0) is 14.4. The number of hydrogen-bond donors (Lipinski definition) is 1. The van der Waals surface area contributed by atoms with Crippen molar-refractivity contribution >= 4 is 29.9 Å². The molecule has 1 fully saturated rings. The topological polar surface area (TPSA) is 45.5 Å². The highest BCUT2D eigenvalue weighted by molar-refractivity contribution is 14.0. The molecule has 1 aliphatic heterocycles. The SMILES string of the molecule is CCCCCNC(=NC)N1CCC(c2cnn(C)c2)C1.I. The molecule has 0 saturated carbocycles. The van der Waals surface area contributed by atoms with Gasteiger partial charge in [0, 0.05) is 45.8 Å². The number of guanidine groups is 1. The van der Waals surface area contributed by atoms with Gasteiger partial charge in [0.2, 0.25) is 0 Å². The summed E-state index contributed by atoms with van der Waals surface area (Å²) in [6.45, 7) is 5.37. The molecule has 120 valence electrons. The third kappa shape index (κ3) is 5.16. The molecule has 0 radical (unpaired) electrons. The van der Waals surface area contributed by atoms with E-state index in [1.165, 1.54) is 31.2 Å². The Kier molecular flexibility index (Phi) is 8.06. The lowest BCUT2D eigenvalue weighted by molar-refractivity contribution is 0.483. The van der Waals surface area contributed by atoms with Crippen molar-refractivity contribution in [2.45, 2.75) is 38.5 Å². The van der Waals surface area contributed by atoms with Crippen molar-refractivity contribution in [3.05, 3.63) is 18.0 Å². The maximum Gasteiger partial charge on any atom is 0.193 e. The fourth-order valence-electron chi connectivity index (χ4n) is 2.78. The number of aromatic nitrogens is 2. The normalized spacial score (nSPS) is 18.7. The van der Waals surface area contributed by atoms with Gasteiger partial charge in [-0.05, 0) is 18.4 Å². The number of halogens is 1. The van der Waals surface area contributed by atoms with E-state index in [-0.39, 0.29) is 24.0 Å². The molecule has 2 heterocycles. The minimum absolute atomic E-state index is 0. The van der Waals surface area contributed by atoms with Crippen molar-refractivity contribution in [3.8, 4) is 0 Å². The predicted molar refractivity (Wildman–Crippen MR) is 98.4 cm³/mol. The smallest absolute Gasteiger partial charge is 0.193 e. The van der Waals surface area contributed by atoms with Crippen molar-refractivity contribution in [2.75, 3.05) is 26.7 Å². The van der Waals surface area contributed by atoms with Crippen LogP contribution in [-0.2, 0) is 7.05 Å². The van der Waals surface area contributed by atoms with Crippen molar-refractivity contribution in [1.29, 1.82) is 0 Å². The van der Waals surface area contributed by atoms with Crippen LogP contribution in [0.2, 0.25) is 0 Å². The van der Waals surface area contributed by atoms with Crippen molar-refractivity contribution < 1.29 is 0 Å². The van der Waals surface area contributed by atoms with Crippen LogP contribution in [0.25, 0.3) is 0 Å². The van der Waals surface area contributed by atoms with Crippen molar-refractivity contribution in [3.63, 3.8) is 0 Å². The molecule has 1 atom stereocenters. The monoisotopic (exact) mass is 405 g/mol. The first kappa shape index (κ1) is 18.3. The summed E-state index contributed by atoms with van der Waals surface area (Å²) in [6, 6.07) is 0. The zero-order valence-corrected chi connectivity index (χ0v) is 15.7. The number of hydrogen-bond acceptors (Lipinski definition) is 2. The summed E-state index contributed by atoms with van der Waals surface area (Å²) in [5, 5.41) is 7.75. The molecule has 2 rings (SSSR count). The molecule has 0 amide bonds. The van der Waals surface area contributed by atoms with Crippen LogP contribution in [0.5, 0.6) is 0 Å². The highest BCUT2D eigenvalue weighted by Crippen LogP contribution is 2.26. The first-order valence-corrected chi connectivity index (χ1v) is 7.68. The molecule has 5 nitrogen and oxygen atoms in total. The molecule has 6 heteroatoms. The summed E-state index contributed by atoms with van der Waals surface area (Å²) in [5.41, 5.74) is 1.34. The van der Waals surface area contributed by atoms with Crippen LogP contribution in [0.15, 0.2) is 17.4 Å². The highest BCUT2D eigenvalue weighted by atomic mass is 127. The molecule has 0 aliphatic carbocycles. The molecule has 1 aliphatic rings. The van der Waals surface area contributed by atoms with Gasteiger partial charge in [-0.1, -0.05) is 19.8 Å². The van der Waals surface area contributed by atoms with E-state index in [2.05, 4.69) is 33.4 Å². The number of aryl methyl sites for hydroxylation is 1. The van der Waals surface area contributed by atoms with E-state index < -0.39 is 0 Å². The van der Waals surface area contributed by atoms with E-state index in [4.69, 9.17) is 0 Å². The van der Waals surface area contributed by atoms with Gasteiger partial charge in [-0.2, -0.15) is 5.10 Å². The van der Waals surface area contributed by atoms with Gasteiger partial charge in [0.1, 0.15) is 0 Å². The van der Waals surface area contributed by atoms with Gasteiger partial charge >= 0.3 is 0 Å². The molecule has 0 aromatic carbocycles. The highest BCUT2D eigenvalue weighted by Gasteiger charge is 2.26. The molecule has 1 aromatic rings. The van der Waals surface area contributed by atoms with Crippen LogP contribution in [0.1, 0.15) is 44.1 Å². The molecule has 1 aromatic heterocycles.